The van der Waals surface area contributed by atoms with Crippen LogP contribution in [0, 0.1) is 11.6 Å². The molecule has 6 nitrogen and oxygen atoms in total. The number of methoxy groups -OCH3 is 2. The van der Waals surface area contributed by atoms with Gasteiger partial charge < -0.3 is 28.3 Å². The molecule has 0 radical (unpaired) electrons. The molecule has 0 atom stereocenters. The number of benzene rings is 2. The molecule has 2 aromatic carbocycles. The maximum absolute atomic E-state index is 13.8. The monoisotopic (exact) mass is 544 g/mol. The fourth-order valence-electron chi connectivity index (χ4n) is 2.88. The number of rotatable bonds is 9. The van der Waals surface area contributed by atoms with Gasteiger partial charge in [-0.05, 0) is 57.4 Å². The zero-order valence-electron chi connectivity index (χ0n) is 20.5. The third kappa shape index (κ3) is 8.50. The molecule has 0 amide bonds. The van der Waals surface area contributed by atoms with E-state index < -0.39 is 18.3 Å². The summed E-state index contributed by atoms with van der Waals surface area (Å²) in [5.74, 6) is 0.247. The summed E-state index contributed by atoms with van der Waals surface area (Å²) >= 11 is 3.17. The second-order valence-electron chi connectivity index (χ2n) is 8.60. The van der Waals surface area contributed by atoms with E-state index >= 15 is 0 Å². The fraction of sp³-hybridized carbons (Fsp3) is 0.500. The minimum absolute atomic E-state index is 0.318. The average Bonchev–Trinajstić information content (AvgIpc) is 2.95. The van der Waals surface area contributed by atoms with Crippen LogP contribution in [-0.4, -0.2) is 59.0 Å². The molecule has 0 spiro atoms. The lowest BCUT2D eigenvalue weighted by molar-refractivity contribution is 0.00578. The number of ether oxygens (including phenoxy) is 4. The van der Waals surface area contributed by atoms with Gasteiger partial charge in [-0.15, -0.1) is 0 Å². The topological polar surface area (TPSA) is 55.4 Å². The summed E-state index contributed by atoms with van der Waals surface area (Å²) < 4.78 is 59.4. The number of halogens is 3. The Labute approximate surface area is 209 Å². The highest BCUT2D eigenvalue weighted by molar-refractivity contribution is 9.10. The molecule has 0 bridgehead atoms. The maximum Gasteiger partial charge on any atom is 0.495 e. The van der Waals surface area contributed by atoms with E-state index in [-0.39, 0.29) is 11.6 Å². The predicted octanol–water partition coefficient (Wildman–Crippen LogP) is 4.76. The van der Waals surface area contributed by atoms with Gasteiger partial charge in [-0.3, -0.25) is 0 Å². The molecule has 1 fully saturated rings. The summed E-state index contributed by atoms with van der Waals surface area (Å²) in [5.41, 5.74) is -0.302. The van der Waals surface area contributed by atoms with E-state index in [9.17, 15) is 8.78 Å². The third-order valence-electron chi connectivity index (χ3n) is 5.37. The number of hydrogen-bond acceptors (Lipinski definition) is 6. The second-order valence-corrected chi connectivity index (χ2v) is 9.51. The summed E-state index contributed by atoms with van der Waals surface area (Å²) in [5, 5.41) is 0. The first-order valence-corrected chi connectivity index (χ1v) is 11.6. The molecule has 188 valence electrons. The predicted molar refractivity (Wildman–Crippen MR) is 131 cm³/mol. The fourth-order valence-corrected chi connectivity index (χ4v) is 3.32. The Morgan fingerprint density at radius 3 is 1.68 bits per heavy atom. The molecule has 1 aliphatic heterocycles. The van der Waals surface area contributed by atoms with Crippen molar-refractivity contribution in [3.05, 3.63) is 52.5 Å². The van der Waals surface area contributed by atoms with Crippen molar-refractivity contribution in [1.82, 2.24) is 0 Å². The van der Waals surface area contributed by atoms with Crippen LogP contribution in [0.2, 0.25) is 0 Å². The van der Waals surface area contributed by atoms with Gasteiger partial charge in [0, 0.05) is 30.8 Å². The van der Waals surface area contributed by atoms with Crippen LogP contribution < -0.4 is 14.9 Å². The van der Waals surface area contributed by atoms with Crippen LogP contribution in [0.3, 0.4) is 0 Å². The molecule has 1 saturated heterocycles. The summed E-state index contributed by atoms with van der Waals surface area (Å²) in [6.45, 7) is 9.57. The lowest BCUT2D eigenvalue weighted by Crippen LogP contribution is -2.41. The molecule has 0 N–H and O–H groups in total. The highest BCUT2D eigenvalue weighted by atomic mass is 79.9. The smallest absolute Gasteiger partial charge is 0.491 e. The van der Waals surface area contributed by atoms with E-state index in [1.807, 2.05) is 27.7 Å². The van der Waals surface area contributed by atoms with Gasteiger partial charge in [0.1, 0.15) is 36.3 Å². The molecule has 3 rings (SSSR count). The van der Waals surface area contributed by atoms with Crippen molar-refractivity contribution in [2.75, 3.05) is 40.6 Å². The van der Waals surface area contributed by atoms with Gasteiger partial charge in [-0.1, -0.05) is 15.9 Å². The molecule has 1 heterocycles. The Kier molecular flexibility index (Phi) is 10.8. The highest BCUT2D eigenvalue weighted by Gasteiger charge is 2.51. The zero-order chi connectivity index (χ0) is 25.4. The van der Waals surface area contributed by atoms with Gasteiger partial charge in [0.15, 0.2) is 0 Å². The summed E-state index contributed by atoms with van der Waals surface area (Å²) in [6.07, 6.45) is 0. The Balaban J connectivity index is 0.000000270. The minimum Gasteiger partial charge on any atom is -0.491 e. The lowest BCUT2D eigenvalue weighted by atomic mass is 9.79. The van der Waals surface area contributed by atoms with E-state index in [1.165, 1.54) is 24.3 Å². The van der Waals surface area contributed by atoms with Crippen LogP contribution in [0.4, 0.5) is 8.78 Å². The first-order chi connectivity index (χ1) is 16.0. The SMILES string of the molecule is COCCOc1cc(F)cc(B2OC(C)(C)C(C)(C)O2)c1.COCCOc1cc(F)cc(Br)c1. The molecule has 0 unspecified atom stereocenters. The Morgan fingerprint density at radius 2 is 1.21 bits per heavy atom. The van der Waals surface area contributed by atoms with E-state index in [0.717, 1.165) is 0 Å². The Hall–Kier alpha value is -1.72. The first-order valence-electron chi connectivity index (χ1n) is 10.8. The standard InChI is InChI=1S/C15H22BFO4.C9H10BrFO2/c1-14(2)15(3,4)21-16(20-14)11-8-12(17)10-13(9-11)19-7-6-18-5;1-12-2-3-13-9-5-7(10)4-8(11)6-9/h8-10H,6-7H2,1-5H3;4-6H,2-3H2,1H3. The molecule has 0 saturated carbocycles. The third-order valence-corrected chi connectivity index (χ3v) is 5.83. The molecule has 0 aromatic heterocycles. The Morgan fingerprint density at radius 1 is 0.735 bits per heavy atom. The van der Waals surface area contributed by atoms with Gasteiger partial charge >= 0.3 is 7.12 Å². The molecular weight excluding hydrogens is 513 g/mol. The van der Waals surface area contributed by atoms with E-state index in [0.29, 0.717) is 47.9 Å². The molecule has 34 heavy (non-hydrogen) atoms. The lowest BCUT2D eigenvalue weighted by Gasteiger charge is -2.32. The van der Waals surface area contributed by atoms with Crippen LogP contribution in [0.1, 0.15) is 27.7 Å². The molecule has 10 heteroatoms. The van der Waals surface area contributed by atoms with Crippen molar-refractivity contribution in [3.63, 3.8) is 0 Å². The van der Waals surface area contributed by atoms with Gasteiger partial charge in [-0.25, -0.2) is 8.78 Å². The second kappa shape index (κ2) is 12.8. The molecule has 0 aliphatic carbocycles. The van der Waals surface area contributed by atoms with Crippen LogP contribution in [0.15, 0.2) is 40.9 Å². The largest absolute Gasteiger partial charge is 0.495 e. The summed E-state index contributed by atoms with van der Waals surface area (Å²) in [4.78, 5) is 0. The maximum atomic E-state index is 13.8. The van der Waals surface area contributed by atoms with Crippen molar-refractivity contribution >= 4 is 28.5 Å². The first kappa shape index (κ1) is 28.5. The summed E-state index contributed by atoms with van der Waals surface area (Å²) in [7, 11) is 2.57. The molecule has 2 aromatic rings. The van der Waals surface area contributed by atoms with Crippen LogP contribution >= 0.6 is 15.9 Å². The Bertz CT molecular complexity index is 892. The summed E-state index contributed by atoms with van der Waals surface area (Å²) in [6, 6.07) is 8.90. The normalized spacial score (nSPS) is 16.1. The molecular formula is C24H32BBrF2O6. The van der Waals surface area contributed by atoms with Crippen molar-refractivity contribution in [2.45, 2.75) is 38.9 Å². The average molecular weight is 545 g/mol. The van der Waals surface area contributed by atoms with Gasteiger partial charge in [-0.2, -0.15) is 0 Å². The van der Waals surface area contributed by atoms with Crippen LogP contribution in [0.25, 0.3) is 0 Å². The minimum atomic E-state index is -0.601. The van der Waals surface area contributed by atoms with Gasteiger partial charge in [0.05, 0.1) is 24.4 Å². The van der Waals surface area contributed by atoms with Crippen LogP contribution in [0.5, 0.6) is 11.5 Å². The van der Waals surface area contributed by atoms with Gasteiger partial charge in [0.25, 0.3) is 0 Å². The van der Waals surface area contributed by atoms with Crippen LogP contribution in [-0.2, 0) is 18.8 Å². The van der Waals surface area contributed by atoms with Gasteiger partial charge in [0.2, 0.25) is 0 Å². The van der Waals surface area contributed by atoms with Crippen molar-refractivity contribution in [1.29, 1.82) is 0 Å². The number of hydrogen-bond donors (Lipinski definition) is 0. The van der Waals surface area contributed by atoms with Crippen molar-refractivity contribution < 1.29 is 37.0 Å². The molecule has 1 aliphatic rings. The zero-order valence-corrected chi connectivity index (χ0v) is 22.0. The van der Waals surface area contributed by atoms with Crippen molar-refractivity contribution in [3.8, 4) is 11.5 Å². The van der Waals surface area contributed by atoms with E-state index in [4.69, 9.17) is 28.3 Å². The quantitative estimate of drug-likeness (QED) is 0.335. The highest BCUT2D eigenvalue weighted by Crippen LogP contribution is 2.36. The van der Waals surface area contributed by atoms with Crippen molar-refractivity contribution in [2.24, 2.45) is 0 Å². The van der Waals surface area contributed by atoms with E-state index in [2.05, 4.69) is 15.9 Å². The van der Waals surface area contributed by atoms with E-state index in [1.54, 1.807) is 26.4 Å².